The van der Waals surface area contributed by atoms with Crippen molar-refractivity contribution in [2.24, 2.45) is 5.92 Å². The van der Waals surface area contributed by atoms with Gasteiger partial charge in [0.25, 0.3) is 0 Å². The predicted molar refractivity (Wildman–Crippen MR) is 111 cm³/mol. The summed E-state index contributed by atoms with van der Waals surface area (Å²) in [6, 6.07) is 8.75. The van der Waals surface area contributed by atoms with E-state index in [2.05, 4.69) is 41.4 Å². The fourth-order valence-corrected chi connectivity index (χ4v) is 4.17. The molecule has 1 aromatic rings. The number of amides is 2. The Labute approximate surface area is 169 Å². The normalized spacial score (nSPS) is 23.2. The zero-order valence-electron chi connectivity index (χ0n) is 17.5. The summed E-state index contributed by atoms with van der Waals surface area (Å²) in [7, 11) is 0. The van der Waals surface area contributed by atoms with Gasteiger partial charge in [-0.25, -0.2) is 4.79 Å². The van der Waals surface area contributed by atoms with Gasteiger partial charge < -0.3 is 19.7 Å². The van der Waals surface area contributed by atoms with Crippen molar-refractivity contribution < 1.29 is 14.3 Å². The van der Waals surface area contributed by atoms with Gasteiger partial charge in [0.05, 0.1) is 19.3 Å². The Balaban J connectivity index is 1.57. The first kappa shape index (κ1) is 20.9. The fraction of sp³-hybridized carbons (Fsp3) is 0.682. The number of likely N-dealkylation sites (tertiary alicyclic amines) is 1. The van der Waals surface area contributed by atoms with Crippen molar-refractivity contribution in [3.05, 3.63) is 29.8 Å². The summed E-state index contributed by atoms with van der Waals surface area (Å²) in [5.41, 5.74) is 1.29. The Bertz CT molecular complexity index is 620. The van der Waals surface area contributed by atoms with E-state index in [4.69, 9.17) is 9.47 Å². The third-order valence-corrected chi connectivity index (χ3v) is 5.48. The van der Waals surface area contributed by atoms with Crippen molar-refractivity contribution in [2.75, 3.05) is 39.4 Å². The molecule has 6 nitrogen and oxygen atoms in total. The van der Waals surface area contributed by atoms with Crippen LogP contribution in [0.15, 0.2) is 24.3 Å². The highest BCUT2D eigenvalue weighted by Crippen LogP contribution is 2.26. The highest BCUT2D eigenvalue weighted by Gasteiger charge is 2.37. The number of carbonyl (C=O) groups is 1. The maximum Gasteiger partial charge on any atom is 0.317 e. The smallest absolute Gasteiger partial charge is 0.317 e. The van der Waals surface area contributed by atoms with Crippen LogP contribution < -0.4 is 10.1 Å². The van der Waals surface area contributed by atoms with E-state index in [1.54, 1.807) is 0 Å². The van der Waals surface area contributed by atoms with E-state index >= 15 is 0 Å². The number of urea groups is 1. The average Bonchev–Trinajstić information content (AvgIpc) is 2.89. The number of benzene rings is 1. The summed E-state index contributed by atoms with van der Waals surface area (Å²) in [6.45, 7) is 11.8. The zero-order chi connectivity index (χ0) is 19.9. The molecule has 2 atom stereocenters. The van der Waals surface area contributed by atoms with E-state index in [-0.39, 0.29) is 18.2 Å². The number of carbonyl (C=O) groups excluding carboxylic acids is 1. The molecule has 2 aliphatic rings. The molecule has 0 aliphatic carbocycles. The Morgan fingerprint density at radius 1 is 1.29 bits per heavy atom. The maximum atomic E-state index is 12.6. The molecule has 6 heteroatoms. The van der Waals surface area contributed by atoms with Crippen LogP contribution in [0.25, 0.3) is 0 Å². The monoisotopic (exact) mass is 389 g/mol. The van der Waals surface area contributed by atoms with Crippen LogP contribution in [-0.4, -0.2) is 67.4 Å². The van der Waals surface area contributed by atoms with Crippen LogP contribution in [0.5, 0.6) is 5.75 Å². The lowest BCUT2D eigenvalue weighted by Gasteiger charge is -2.42. The second-order valence-corrected chi connectivity index (χ2v) is 8.16. The molecule has 1 N–H and O–H groups in total. The SMILES string of the molecule is CCCNC(=O)N1CCOC[C@H]2CN(Cc3ccc(OC(C)C)cc3)CC[C@H]21. The largest absolute Gasteiger partial charge is 0.491 e. The van der Waals surface area contributed by atoms with Gasteiger partial charge >= 0.3 is 6.03 Å². The van der Waals surface area contributed by atoms with Crippen LogP contribution in [0.2, 0.25) is 0 Å². The Morgan fingerprint density at radius 2 is 2.07 bits per heavy atom. The van der Waals surface area contributed by atoms with Gasteiger partial charge in [0.2, 0.25) is 0 Å². The number of ether oxygens (including phenoxy) is 2. The molecule has 2 fully saturated rings. The third kappa shape index (κ3) is 5.61. The minimum atomic E-state index is 0.0662. The van der Waals surface area contributed by atoms with Crippen molar-refractivity contribution in [2.45, 2.75) is 52.3 Å². The van der Waals surface area contributed by atoms with Crippen LogP contribution in [0.4, 0.5) is 4.79 Å². The minimum Gasteiger partial charge on any atom is -0.491 e. The molecule has 0 saturated carbocycles. The van der Waals surface area contributed by atoms with Gasteiger partial charge in [0.1, 0.15) is 5.75 Å². The van der Waals surface area contributed by atoms with Crippen molar-refractivity contribution >= 4 is 6.03 Å². The first-order valence-electron chi connectivity index (χ1n) is 10.7. The van der Waals surface area contributed by atoms with Gasteiger partial charge in [-0.1, -0.05) is 19.1 Å². The lowest BCUT2D eigenvalue weighted by atomic mass is 9.91. The van der Waals surface area contributed by atoms with Crippen molar-refractivity contribution in [3.8, 4) is 5.75 Å². The molecule has 0 unspecified atom stereocenters. The summed E-state index contributed by atoms with van der Waals surface area (Å²) in [6.07, 6.45) is 2.15. The van der Waals surface area contributed by atoms with Crippen LogP contribution in [0.1, 0.15) is 39.2 Å². The number of rotatable bonds is 6. The zero-order valence-corrected chi connectivity index (χ0v) is 17.5. The Morgan fingerprint density at radius 3 is 2.79 bits per heavy atom. The third-order valence-electron chi connectivity index (χ3n) is 5.48. The first-order chi connectivity index (χ1) is 13.6. The fourth-order valence-electron chi connectivity index (χ4n) is 4.17. The lowest BCUT2D eigenvalue weighted by molar-refractivity contribution is 0.0542. The molecule has 2 heterocycles. The van der Waals surface area contributed by atoms with Crippen LogP contribution in [0.3, 0.4) is 0 Å². The van der Waals surface area contributed by atoms with E-state index in [0.29, 0.717) is 19.1 Å². The summed E-state index contributed by atoms with van der Waals surface area (Å²) in [4.78, 5) is 17.1. The number of hydrogen-bond donors (Lipinski definition) is 1. The molecular weight excluding hydrogens is 354 g/mol. The van der Waals surface area contributed by atoms with Gasteiger partial charge in [-0.3, -0.25) is 4.90 Å². The van der Waals surface area contributed by atoms with Gasteiger partial charge in [-0.2, -0.15) is 0 Å². The minimum absolute atomic E-state index is 0.0662. The van der Waals surface area contributed by atoms with Crippen molar-refractivity contribution in [3.63, 3.8) is 0 Å². The molecule has 28 heavy (non-hydrogen) atoms. The molecule has 0 bridgehead atoms. The molecule has 3 rings (SSSR count). The van der Waals surface area contributed by atoms with Crippen LogP contribution in [-0.2, 0) is 11.3 Å². The molecule has 156 valence electrons. The highest BCUT2D eigenvalue weighted by atomic mass is 16.5. The van der Waals surface area contributed by atoms with Crippen molar-refractivity contribution in [1.29, 1.82) is 0 Å². The summed E-state index contributed by atoms with van der Waals surface area (Å²) < 4.78 is 11.6. The molecular formula is C22H35N3O3. The average molecular weight is 390 g/mol. The quantitative estimate of drug-likeness (QED) is 0.812. The molecule has 0 radical (unpaired) electrons. The van der Waals surface area contributed by atoms with Crippen LogP contribution >= 0.6 is 0 Å². The van der Waals surface area contributed by atoms with Gasteiger partial charge in [0, 0.05) is 44.7 Å². The molecule has 0 aromatic heterocycles. The van der Waals surface area contributed by atoms with E-state index < -0.39 is 0 Å². The van der Waals surface area contributed by atoms with Gasteiger partial charge in [0.15, 0.2) is 0 Å². The maximum absolute atomic E-state index is 12.6. The number of nitrogens with zero attached hydrogens (tertiary/aromatic N) is 2. The van der Waals surface area contributed by atoms with E-state index in [9.17, 15) is 4.79 Å². The highest BCUT2D eigenvalue weighted by molar-refractivity contribution is 5.74. The lowest BCUT2D eigenvalue weighted by Crippen LogP contribution is -2.55. The van der Waals surface area contributed by atoms with E-state index in [1.807, 2.05) is 18.7 Å². The topological polar surface area (TPSA) is 54.0 Å². The second kappa shape index (κ2) is 10.1. The first-order valence-corrected chi connectivity index (χ1v) is 10.7. The number of nitrogens with one attached hydrogen (secondary N) is 1. The Kier molecular flexibility index (Phi) is 7.57. The number of piperidine rings is 1. The summed E-state index contributed by atoms with van der Waals surface area (Å²) in [5, 5.41) is 3.04. The molecule has 2 aliphatic heterocycles. The van der Waals surface area contributed by atoms with E-state index in [1.165, 1.54) is 5.56 Å². The van der Waals surface area contributed by atoms with Gasteiger partial charge in [-0.15, -0.1) is 0 Å². The number of hydrogen-bond acceptors (Lipinski definition) is 4. The molecule has 2 amide bonds. The molecule has 2 saturated heterocycles. The number of fused-ring (bicyclic) bond motifs is 1. The standard InChI is InChI=1S/C22H35N3O3/c1-4-10-23-22(26)25-12-13-27-16-19-15-24(11-9-21(19)25)14-18-5-7-20(8-6-18)28-17(2)3/h5-8,17,19,21H,4,9-16H2,1-3H3,(H,23,26)/t19-,21-/m1/s1. The predicted octanol–water partition coefficient (Wildman–Crippen LogP) is 3.12. The molecule has 1 aromatic carbocycles. The van der Waals surface area contributed by atoms with Gasteiger partial charge in [-0.05, 0) is 44.4 Å². The van der Waals surface area contributed by atoms with E-state index in [0.717, 1.165) is 51.4 Å². The van der Waals surface area contributed by atoms with Crippen LogP contribution in [0, 0.1) is 5.92 Å². The molecule has 0 spiro atoms. The summed E-state index contributed by atoms with van der Waals surface area (Å²) in [5.74, 6) is 1.29. The Hall–Kier alpha value is -1.79. The second-order valence-electron chi connectivity index (χ2n) is 8.16. The van der Waals surface area contributed by atoms with Crippen molar-refractivity contribution in [1.82, 2.24) is 15.1 Å². The summed E-state index contributed by atoms with van der Waals surface area (Å²) >= 11 is 0.